The maximum atomic E-state index is 10.5. The van der Waals surface area contributed by atoms with E-state index in [9.17, 15) is 14.9 Å². The van der Waals surface area contributed by atoms with E-state index in [-0.39, 0.29) is 17.5 Å². The average molecular weight is 213 g/mol. The zero-order valence-corrected chi connectivity index (χ0v) is 8.11. The first kappa shape index (κ1) is 11.0. The van der Waals surface area contributed by atoms with Gasteiger partial charge in [0.1, 0.15) is 0 Å². The molecule has 0 bridgehead atoms. The van der Waals surface area contributed by atoms with Crippen molar-refractivity contribution in [1.82, 2.24) is 15.3 Å². The first-order valence-corrected chi connectivity index (χ1v) is 4.27. The molecular formula is C7H11N5O3. The second kappa shape index (κ2) is 4.94. The van der Waals surface area contributed by atoms with E-state index in [4.69, 9.17) is 0 Å². The van der Waals surface area contributed by atoms with Crippen LogP contribution in [0.25, 0.3) is 0 Å². The number of carbonyl (C=O) groups is 1. The lowest BCUT2D eigenvalue weighted by Gasteiger charge is -2.03. The summed E-state index contributed by atoms with van der Waals surface area (Å²) in [7, 11) is 0. The third-order valence-electron chi connectivity index (χ3n) is 1.59. The van der Waals surface area contributed by atoms with Crippen LogP contribution in [0.1, 0.15) is 6.92 Å². The Morgan fingerprint density at radius 2 is 2.40 bits per heavy atom. The van der Waals surface area contributed by atoms with Gasteiger partial charge in [-0.05, 0) is 4.92 Å². The van der Waals surface area contributed by atoms with Crippen LogP contribution in [-0.2, 0) is 4.79 Å². The fraction of sp³-hybridized carbons (Fsp3) is 0.429. The van der Waals surface area contributed by atoms with E-state index in [0.717, 1.165) is 0 Å². The number of anilines is 1. The minimum atomic E-state index is -0.562. The summed E-state index contributed by atoms with van der Waals surface area (Å²) in [5, 5.41) is 15.7. The number of nitro groups is 1. The van der Waals surface area contributed by atoms with Crippen molar-refractivity contribution in [3.8, 4) is 0 Å². The molecule has 8 nitrogen and oxygen atoms in total. The maximum absolute atomic E-state index is 10.5. The van der Waals surface area contributed by atoms with Crippen molar-refractivity contribution < 1.29 is 9.72 Å². The summed E-state index contributed by atoms with van der Waals surface area (Å²) in [6.45, 7) is 2.17. The lowest BCUT2D eigenvalue weighted by Crippen LogP contribution is -2.26. The number of imidazole rings is 1. The first-order chi connectivity index (χ1) is 7.11. The maximum Gasteiger partial charge on any atom is 0.364 e. The predicted octanol–water partition coefficient (Wildman–Crippen LogP) is -0.134. The molecule has 0 aliphatic rings. The van der Waals surface area contributed by atoms with E-state index >= 15 is 0 Å². The molecule has 1 heterocycles. The van der Waals surface area contributed by atoms with Crippen molar-refractivity contribution in [2.24, 2.45) is 0 Å². The average Bonchev–Trinajstić information content (AvgIpc) is 2.60. The summed E-state index contributed by atoms with van der Waals surface area (Å²) in [5.74, 6) is -0.156. The topological polar surface area (TPSA) is 113 Å². The standard InChI is InChI=1S/C7H11N5O3/c1-5(13)8-2-3-9-6-7(12(14)15)11-4-10-6/h4,9H,2-3H2,1H3,(H,8,13)(H,10,11). The van der Waals surface area contributed by atoms with Crippen molar-refractivity contribution in [2.75, 3.05) is 18.4 Å². The molecule has 0 aromatic carbocycles. The molecule has 3 N–H and O–H groups in total. The van der Waals surface area contributed by atoms with E-state index in [1.165, 1.54) is 13.3 Å². The van der Waals surface area contributed by atoms with Crippen LogP contribution in [-0.4, -0.2) is 33.9 Å². The van der Waals surface area contributed by atoms with Gasteiger partial charge in [0.2, 0.25) is 11.7 Å². The molecule has 0 atom stereocenters. The highest BCUT2D eigenvalue weighted by molar-refractivity contribution is 5.72. The molecule has 0 unspecified atom stereocenters. The largest absolute Gasteiger partial charge is 0.364 e. The van der Waals surface area contributed by atoms with Crippen LogP contribution in [0.4, 0.5) is 11.6 Å². The normalized spacial score (nSPS) is 9.67. The quantitative estimate of drug-likeness (QED) is 0.358. The van der Waals surface area contributed by atoms with E-state index in [0.29, 0.717) is 13.1 Å². The molecule has 82 valence electrons. The molecule has 0 aliphatic carbocycles. The number of nitrogens with zero attached hydrogens (tertiary/aromatic N) is 2. The van der Waals surface area contributed by atoms with Crippen LogP contribution in [0.2, 0.25) is 0 Å². The second-order valence-corrected chi connectivity index (χ2v) is 2.77. The number of aromatic nitrogens is 2. The van der Waals surface area contributed by atoms with Crippen LogP contribution >= 0.6 is 0 Å². The monoisotopic (exact) mass is 213 g/mol. The number of carbonyl (C=O) groups excluding carboxylic acids is 1. The Hall–Kier alpha value is -2.12. The third kappa shape index (κ3) is 3.25. The van der Waals surface area contributed by atoms with E-state index in [2.05, 4.69) is 20.6 Å². The SMILES string of the molecule is CC(=O)NCCNc1nc[nH]c1[N+](=O)[O-]. The highest BCUT2D eigenvalue weighted by Gasteiger charge is 2.13. The van der Waals surface area contributed by atoms with Crippen LogP contribution in [0.15, 0.2) is 6.33 Å². The number of rotatable bonds is 5. The smallest absolute Gasteiger partial charge is 0.361 e. The number of hydrogen-bond donors (Lipinski definition) is 3. The van der Waals surface area contributed by atoms with Gasteiger partial charge in [-0.3, -0.25) is 4.79 Å². The van der Waals surface area contributed by atoms with Crippen LogP contribution in [0, 0.1) is 10.1 Å². The minimum absolute atomic E-state index is 0.145. The van der Waals surface area contributed by atoms with Gasteiger partial charge in [0.15, 0.2) is 6.33 Å². The van der Waals surface area contributed by atoms with Gasteiger partial charge in [-0.25, -0.2) is 4.98 Å². The highest BCUT2D eigenvalue weighted by atomic mass is 16.6. The molecule has 1 amide bonds. The fourth-order valence-corrected chi connectivity index (χ4v) is 0.975. The van der Waals surface area contributed by atoms with Gasteiger partial charge in [-0.15, -0.1) is 0 Å². The van der Waals surface area contributed by atoms with E-state index < -0.39 is 4.92 Å². The number of nitrogens with one attached hydrogen (secondary N) is 3. The van der Waals surface area contributed by atoms with Crippen molar-refractivity contribution in [2.45, 2.75) is 6.92 Å². The van der Waals surface area contributed by atoms with Crippen LogP contribution in [0.5, 0.6) is 0 Å². The molecular weight excluding hydrogens is 202 g/mol. The number of amides is 1. The van der Waals surface area contributed by atoms with Gasteiger partial charge < -0.3 is 20.7 Å². The summed E-state index contributed by atoms with van der Waals surface area (Å²) >= 11 is 0. The van der Waals surface area contributed by atoms with E-state index in [1.54, 1.807) is 0 Å². The Balaban J connectivity index is 2.40. The molecule has 0 saturated heterocycles. The zero-order valence-electron chi connectivity index (χ0n) is 8.11. The molecule has 0 spiro atoms. The predicted molar refractivity (Wildman–Crippen MR) is 52.4 cm³/mol. The number of hydrogen-bond acceptors (Lipinski definition) is 5. The summed E-state index contributed by atoms with van der Waals surface area (Å²) < 4.78 is 0. The first-order valence-electron chi connectivity index (χ1n) is 4.27. The summed E-state index contributed by atoms with van der Waals surface area (Å²) in [6.07, 6.45) is 1.23. The Labute approximate surface area is 85.2 Å². The zero-order chi connectivity index (χ0) is 11.3. The van der Waals surface area contributed by atoms with Crippen molar-refractivity contribution in [3.63, 3.8) is 0 Å². The van der Waals surface area contributed by atoms with Gasteiger partial charge in [0, 0.05) is 20.0 Å². The summed E-state index contributed by atoms with van der Waals surface area (Å²) in [5.41, 5.74) is 0. The molecule has 0 fully saturated rings. The molecule has 8 heteroatoms. The lowest BCUT2D eigenvalue weighted by atomic mass is 10.5. The molecule has 0 aliphatic heterocycles. The molecule has 0 radical (unpaired) electrons. The van der Waals surface area contributed by atoms with Gasteiger partial charge in [0.25, 0.3) is 0 Å². The van der Waals surface area contributed by atoms with Gasteiger partial charge in [-0.1, -0.05) is 0 Å². The minimum Gasteiger partial charge on any atom is -0.361 e. The summed E-state index contributed by atoms with van der Waals surface area (Å²) in [4.78, 5) is 26.5. The molecule has 1 aromatic heterocycles. The number of H-pyrrole nitrogens is 1. The third-order valence-corrected chi connectivity index (χ3v) is 1.59. The Bertz CT molecular complexity index is 361. The highest BCUT2D eigenvalue weighted by Crippen LogP contribution is 2.16. The second-order valence-electron chi connectivity index (χ2n) is 2.77. The molecule has 0 saturated carbocycles. The Kier molecular flexibility index (Phi) is 3.61. The Morgan fingerprint density at radius 1 is 1.67 bits per heavy atom. The lowest BCUT2D eigenvalue weighted by molar-refractivity contribution is -0.388. The van der Waals surface area contributed by atoms with Gasteiger partial charge in [-0.2, -0.15) is 4.98 Å². The molecule has 1 aromatic rings. The van der Waals surface area contributed by atoms with Crippen molar-refractivity contribution >= 4 is 17.5 Å². The molecule has 1 rings (SSSR count). The Morgan fingerprint density at radius 3 is 3.00 bits per heavy atom. The van der Waals surface area contributed by atoms with Crippen LogP contribution < -0.4 is 10.6 Å². The van der Waals surface area contributed by atoms with Crippen molar-refractivity contribution in [3.05, 3.63) is 16.4 Å². The van der Waals surface area contributed by atoms with E-state index in [1.807, 2.05) is 0 Å². The van der Waals surface area contributed by atoms with Crippen LogP contribution in [0.3, 0.4) is 0 Å². The summed E-state index contributed by atoms with van der Waals surface area (Å²) in [6, 6.07) is 0. The van der Waals surface area contributed by atoms with Crippen molar-refractivity contribution in [1.29, 1.82) is 0 Å². The fourth-order valence-electron chi connectivity index (χ4n) is 0.975. The molecule has 15 heavy (non-hydrogen) atoms. The number of aromatic amines is 1. The van der Waals surface area contributed by atoms with Gasteiger partial charge >= 0.3 is 5.82 Å². The van der Waals surface area contributed by atoms with Gasteiger partial charge in [0.05, 0.1) is 0 Å².